The van der Waals surface area contributed by atoms with Crippen LogP contribution in [0.5, 0.6) is 0 Å². The summed E-state index contributed by atoms with van der Waals surface area (Å²) < 4.78 is 0. The van der Waals surface area contributed by atoms with E-state index in [0.29, 0.717) is 5.92 Å². The Hall–Kier alpha value is -1.35. The van der Waals surface area contributed by atoms with Crippen LogP contribution in [0.3, 0.4) is 0 Å². The molecule has 104 valence electrons. The maximum Gasteiger partial charge on any atom is 0.249 e. The zero-order chi connectivity index (χ0) is 14.2. The van der Waals surface area contributed by atoms with Crippen molar-refractivity contribution in [2.75, 3.05) is 14.2 Å². The topological polar surface area (TPSA) is 29.5 Å². The molecule has 0 N–H and O–H groups in total. The van der Waals surface area contributed by atoms with Crippen LogP contribution in [0.4, 0.5) is 0 Å². The first kappa shape index (κ1) is 14.1. The van der Waals surface area contributed by atoms with Crippen molar-refractivity contribution >= 4 is 5.91 Å². The third-order valence-corrected chi connectivity index (χ3v) is 3.90. The van der Waals surface area contributed by atoms with Crippen molar-refractivity contribution in [3.63, 3.8) is 0 Å². The second kappa shape index (κ2) is 4.97. The van der Waals surface area contributed by atoms with Gasteiger partial charge in [0.15, 0.2) is 0 Å². The number of carbonyl (C=O) groups excluding carboxylic acids is 1. The predicted octanol–water partition coefficient (Wildman–Crippen LogP) is 3.11. The SMILES string of the molecule is CON(C)C(=O)[C@@H]1C[C@H]1c1ccc(C(C)(C)C)cc1. The first-order valence-corrected chi connectivity index (χ1v) is 6.76. The molecule has 3 heteroatoms. The summed E-state index contributed by atoms with van der Waals surface area (Å²) in [4.78, 5) is 16.9. The van der Waals surface area contributed by atoms with Gasteiger partial charge in [-0.15, -0.1) is 0 Å². The van der Waals surface area contributed by atoms with Crippen LogP contribution in [0.2, 0.25) is 0 Å². The highest BCUT2D eigenvalue weighted by Crippen LogP contribution is 2.48. The van der Waals surface area contributed by atoms with E-state index >= 15 is 0 Å². The number of hydroxylamine groups is 2. The van der Waals surface area contributed by atoms with Crippen LogP contribution in [0.15, 0.2) is 24.3 Å². The number of rotatable bonds is 3. The molecule has 1 amide bonds. The van der Waals surface area contributed by atoms with Crippen LogP contribution in [-0.2, 0) is 15.0 Å². The second-order valence-corrected chi connectivity index (χ2v) is 6.34. The Balaban J connectivity index is 2.04. The average molecular weight is 261 g/mol. The van der Waals surface area contributed by atoms with Crippen LogP contribution in [0, 0.1) is 5.92 Å². The molecule has 0 heterocycles. The molecule has 1 saturated carbocycles. The van der Waals surface area contributed by atoms with Gasteiger partial charge in [-0.2, -0.15) is 0 Å². The van der Waals surface area contributed by atoms with Crippen molar-refractivity contribution in [3.05, 3.63) is 35.4 Å². The molecule has 1 fully saturated rings. The molecule has 0 bridgehead atoms. The lowest BCUT2D eigenvalue weighted by atomic mass is 9.86. The molecule has 0 unspecified atom stereocenters. The van der Waals surface area contributed by atoms with Gasteiger partial charge in [0, 0.05) is 13.0 Å². The Bertz CT molecular complexity index is 459. The van der Waals surface area contributed by atoms with Gasteiger partial charge in [0.05, 0.1) is 7.11 Å². The van der Waals surface area contributed by atoms with Crippen LogP contribution in [0.1, 0.15) is 44.2 Å². The van der Waals surface area contributed by atoms with Gasteiger partial charge in [-0.25, -0.2) is 5.06 Å². The Morgan fingerprint density at radius 3 is 2.32 bits per heavy atom. The molecule has 0 aromatic heterocycles. The molecule has 0 saturated heterocycles. The third kappa shape index (κ3) is 2.98. The highest BCUT2D eigenvalue weighted by molar-refractivity contribution is 5.81. The molecule has 3 nitrogen and oxygen atoms in total. The van der Waals surface area contributed by atoms with Crippen molar-refractivity contribution in [3.8, 4) is 0 Å². The lowest BCUT2D eigenvalue weighted by Crippen LogP contribution is -2.27. The van der Waals surface area contributed by atoms with Crippen molar-refractivity contribution in [2.45, 2.75) is 38.5 Å². The van der Waals surface area contributed by atoms with E-state index < -0.39 is 0 Å². The minimum absolute atomic E-state index is 0.0763. The quantitative estimate of drug-likeness (QED) is 0.782. The fourth-order valence-electron chi connectivity index (χ4n) is 2.39. The average Bonchev–Trinajstić information content (AvgIpc) is 3.16. The van der Waals surface area contributed by atoms with Gasteiger partial charge in [0.2, 0.25) is 5.91 Å². The standard InChI is InChI=1S/C16H23NO2/c1-16(2,3)12-8-6-11(7-9-12)13-10-14(13)15(18)17(4)19-5/h6-9,13-14H,10H2,1-5H3/t13-,14+/m0/s1. The highest BCUT2D eigenvalue weighted by atomic mass is 16.7. The smallest absolute Gasteiger partial charge is 0.249 e. The molecule has 19 heavy (non-hydrogen) atoms. The summed E-state index contributed by atoms with van der Waals surface area (Å²) in [5, 5.41) is 1.33. The Labute approximate surface area is 115 Å². The predicted molar refractivity (Wildman–Crippen MR) is 75.8 cm³/mol. The minimum Gasteiger partial charge on any atom is -0.275 e. The van der Waals surface area contributed by atoms with Gasteiger partial charge < -0.3 is 0 Å². The zero-order valence-electron chi connectivity index (χ0n) is 12.4. The second-order valence-electron chi connectivity index (χ2n) is 6.34. The molecule has 1 aliphatic carbocycles. The van der Waals surface area contributed by atoms with Crippen molar-refractivity contribution in [1.82, 2.24) is 5.06 Å². The summed E-state index contributed by atoms with van der Waals surface area (Å²) in [6, 6.07) is 8.67. The van der Waals surface area contributed by atoms with Gasteiger partial charge >= 0.3 is 0 Å². The minimum atomic E-state index is 0.0763. The monoisotopic (exact) mass is 261 g/mol. The molecule has 0 aliphatic heterocycles. The van der Waals surface area contributed by atoms with Gasteiger partial charge in [-0.3, -0.25) is 9.63 Å². The van der Waals surface area contributed by atoms with E-state index in [2.05, 4.69) is 45.0 Å². The van der Waals surface area contributed by atoms with Crippen molar-refractivity contribution in [1.29, 1.82) is 0 Å². The molecule has 1 aliphatic rings. The summed E-state index contributed by atoms with van der Waals surface area (Å²) in [5.41, 5.74) is 2.76. The van der Waals surface area contributed by atoms with E-state index in [0.717, 1.165) is 6.42 Å². The summed E-state index contributed by atoms with van der Waals surface area (Å²) in [5.74, 6) is 0.525. The molecule has 0 radical (unpaired) electrons. The summed E-state index contributed by atoms with van der Waals surface area (Å²) in [7, 11) is 3.19. The summed E-state index contributed by atoms with van der Waals surface area (Å²) in [6.07, 6.45) is 0.932. The number of amides is 1. The number of nitrogens with zero attached hydrogens (tertiary/aromatic N) is 1. The van der Waals surface area contributed by atoms with Gasteiger partial charge in [-0.1, -0.05) is 45.0 Å². The molecular weight excluding hydrogens is 238 g/mol. The van der Waals surface area contributed by atoms with E-state index in [-0.39, 0.29) is 17.2 Å². The van der Waals surface area contributed by atoms with Crippen molar-refractivity contribution < 1.29 is 9.63 Å². The van der Waals surface area contributed by atoms with Crippen LogP contribution < -0.4 is 0 Å². The van der Waals surface area contributed by atoms with E-state index in [1.54, 1.807) is 7.05 Å². The first-order chi connectivity index (χ1) is 8.84. The number of benzene rings is 1. The molecular formula is C16H23NO2. The number of hydrogen-bond acceptors (Lipinski definition) is 2. The highest BCUT2D eigenvalue weighted by Gasteiger charge is 2.45. The lowest BCUT2D eigenvalue weighted by molar-refractivity contribution is -0.170. The van der Waals surface area contributed by atoms with E-state index in [4.69, 9.17) is 4.84 Å². The van der Waals surface area contributed by atoms with E-state index in [1.807, 2.05) is 0 Å². The molecule has 2 rings (SSSR count). The normalized spacial score (nSPS) is 22.2. The Kier molecular flexibility index (Phi) is 3.68. The van der Waals surface area contributed by atoms with Crippen molar-refractivity contribution in [2.24, 2.45) is 5.92 Å². The van der Waals surface area contributed by atoms with Gasteiger partial charge in [-0.05, 0) is 28.9 Å². The van der Waals surface area contributed by atoms with Crippen LogP contribution in [-0.4, -0.2) is 25.1 Å². The Morgan fingerprint density at radius 2 is 1.84 bits per heavy atom. The van der Waals surface area contributed by atoms with Crippen LogP contribution in [0.25, 0.3) is 0 Å². The van der Waals surface area contributed by atoms with E-state index in [1.165, 1.54) is 23.3 Å². The largest absolute Gasteiger partial charge is 0.275 e. The summed E-state index contributed by atoms with van der Waals surface area (Å²) in [6.45, 7) is 6.62. The third-order valence-electron chi connectivity index (χ3n) is 3.90. The number of carbonyl (C=O) groups is 1. The first-order valence-electron chi connectivity index (χ1n) is 6.76. The fourth-order valence-corrected chi connectivity index (χ4v) is 2.39. The zero-order valence-corrected chi connectivity index (χ0v) is 12.4. The van der Waals surface area contributed by atoms with E-state index in [9.17, 15) is 4.79 Å². The Morgan fingerprint density at radius 1 is 1.26 bits per heavy atom. The number of hydrogen-bond donors (Lipinski definition) is 0. The maximum atomic E-state index is 11.9. The molecule has 1 aromatic rings. The van der Waals surface area contributed by atoms with Crippen LogP contribution >= 0.6 is 0 Å². The fraction of sp³-hybridized carbons (Fsp3) is 0.562. The molecule has 0 spiro atoms. The maximum absolute atomic E-state index is 11.9. The molecule has 2 atom stereocenters. The van der Waals surface area contributed by atoms with Gasteiger partial charge in [0.25, 0.3) is 0 Å². The summed E-state index contributed by atoms with van der Waals surface area (Å²) >= 11 is 0. The molecule has 1 aromatic carbocycles. The van der Waals surface area contributed by atoms with Gasteiger partial charge in [0.1, 0.15) is 0 Å². The lowest BCUT2D eigenvalue weighted by Gasteiger charge is -2.19.